The monoisotopic (exact) mass is 358 g/mol. The molecule has 0 saturated heterocycles. The van der Waals surface area contributed by atoms with Crippen LogP contribution in [-0.4, -0.2) is 26.3 Å². The lowest BCUT2D eigenvalue weighted by molar-refractivity contribution is 0.0929. The second-order valence-corrected chi connectivity index (χ2v) is 5.51. The molecule has 0 saturated carbocycles. The van der Waals surface area contributed by atoms with E-state index in [-0.39, 0.29) is 5.76 Å². The molecule has 6 nitrogen and oxygen atoms in total. The molecule has 1 heterocycles. The number of ether oxygens (including phenoxy) is 2. The number of hydrazone groups is 1. The molecule has 0 atom stereocenters. The van der Waals surface area contributed by atoms with Gasteiger partial charge in [0.2, 0.25) is 0 Å². The quantitative estimate of drug-likeness (QED) is 0.555. The zero-order valence-electron chi connectivity index (χ0n) is 13.6. The lowest BCUT2D eigenvalue weighted by Gasteiger charge is -2.04. The highest BCUT2D eigenvalue weighted by Crippen LogP contribution is 2.28. The molecule has 0 fully saturated rings. The van der Waals surface area contributed by atoms with Crippen molar-refractivity contribution in [2.75, 3.05) is 14.2 Å². The van der Waals surface area contributed by atoms with Crippen LogP contribution >= 0.6 is 11.6 Å². The summed E-state index contributed by atoms with van der Waals surface area (Å²) in [5.74, 6) is 0.810. The summed E-state index contributed by atoms with van der Waals surface area (Å²) in [6, 6.07) is 12.1. The lowest BCUT2D eigenvalue weighted by Crippen LogP contribution is -2.16. The Morgan fingerprint density at radius 3 is 2.72 bits per heavy atom. The minimum atomic E-state index is -0.476. The van der Waals surface area contributed by atoms with Crippen molar-refractivity contribution in [3.8, 4) is 11.5 Å². The van der Waals surface area contributed by atoms with E-state index in [1.807, 2.05) is 12.1 Å². The Morgan fingerprint density at radius 2 is 1.96 bits per heavy atom. The minimum Gasteiger partial charge on any atom is -0.496 e. The van der Waals surface area contributed by atoms with Crippen LogP contribution in [0.2, 0.25) is 5.02 Å². The predicted molar refractivity (Wildman–Crippen MR) is 95.8 cm³/mol. The Bertz CT molecular complexity index is 949. The van der Waals surface area contributed by atoms with Gasteiger partial charge in [-0.05, 0) is 30.3 Å². The molecule has 1 amide bonds. The molecule has 128 valence electrons. The Kier molecular flexibility index (Phi) is 4.90. The second-order valence-electron chi connectivity index (χ2n) is 5.07. The van der Waals surface area contributed by atoms with Crippen molar-refractivity contribution in [3.63, 3.8) is 0 Å². The molecule has 25 heavy (non-hydrogen) atoms. The zero-order valence-corrected chi connectivity index (χ0v) is 14.3. The number of furan rings is 1. The van der Waals surface area contributed by atoms with Gasteiger partial charge in [0.15, 0.2) is 17.1 Å². The van der Waals surface area contributed by atoms with Crippen LogP contribution in [0.5, 0.6) is 11.5 Å². The maximum atomic E-state index is 12.2. The van der Waals surface area contributed by atoms with E-state index in [0.717, 1.165) is 5.39 Å². The van der Waals surface area contributed by atoms with E-state index in [9.17, 15) is 4.79 Å². The SMILES string of the molecule is COc1ccc(Cl)cc1/C=N\NC(=O)c1cc2cccc(OC)c2o1. The Hall–Kier alpha value is -2.99. The van der Waals surface area contributed by atoms with E-state index in [0.29, 0.717) is 27.7 Å². The van der Waals surface area contributed by atoms with Gasteiger partial charge in [0, 0.05) is 16.0 Å². The Morgan fingerprint density at radius 1 is 1.16 bits per heavy atom. The predicted octanol–water partition coefficient (Wildman–Crippen LogP) is 3.87. The number of nitrogens with one attached hydrogen (secondary N) is 1. The first kappa shape index (κ1) is 16.9. The average Bonchev–Trinajstić information content (AvgIpc) is 3.06. The number of carbonyl (C=O) groups is 1. The van der Waals surface area contributed by atoms with Crippen LogP contribution in [0, 0.1) is 0 Å². The van der Waals surface area contributed by atoms with Gasteiger partial charge in [-0.25, -0.2) is 5.43 Å². The first-order valence-corrected chi connectivity index (χ1v) is 7.73. The number of fused-ring (bicyclic) bond motifs is 1. The summed E-state index contributed by atoms with van der Waals surface area (Å²) in [5.41, 5.74) is 3.56. The molecular formula is C18H15ClN2O4. The number of carbonyl (C=O) groups excluding carboxylic acids is 1. The van der Waals surface area contributed by atoms with E-state index in [1.54, 1.807) is 44.6 Å². The summed E-state index contributed by atoms with van der Waals surface area (Å²) in [4.78, 5) is 12.2. The highest BCUT2D eigenvalue weighted by atomic mass is 35.5. The van der Waals surface area contributed by atoms with Gasteiger partial charge in [0.05, 0.1) is 20.4 Å². The molecule has 3 rings (SSSR count). The molecule has 0 bridgehead atoms. The maximum Gasteiger partial charge on any atom is 0.307 e. The van der Waals surface area contributed by atoms with Gasteiger partial charge in [-0.3, -0.25) is 4.79 Å². The van der Waals surface area contributed by atoms with Gasteiger partial charge in [0.25, 0.3) is 0 Å². The van der Waals surface area contributed by atoms with Gasteiger partial charge in [-0.2, -0.15) is 5.10 Å². The number of hydrogen-bond donors (Lipinski definition) is 1. The first-order chi connectivity index (χ1) is 12.1. The number of amides is 1. The van der Waals surface area contributed by atoms with Crippen molar-refractivity contribution in [2.45, 2.75) is 0 Å². The third kappa shape index (κ3) is 3.59. The van der Waals surface area contributed by atoms with Crippen LogP contribution in [0.3, 0.4) is 0 Å². The number of rotatable bonds is 5. The molecule has 1 aromatic heterocycles. The summed E-state index contributed by atoms with van der Waals surface area (Å²) < 4.78 is 16.0. The fraction of sp³-hybridized carbons (Fsp3) is 0.111. The fourth-order valence-corrected chi connectivity index (χ4v) is 2.51. The summed E-state index contributed by atoms with van der Waals surface area (Å²) in [6.45, 7) is 0. The standard InChI is InChI=1S/C18H15ClN2O4/c1-23-14-7-6-13(19)8-12(14)10-20-21-18(22)16-9-11-4-3-5-15(24-2)17(11)25-16/h3-10H,1-2H3,(H,21,22)/b20-10-. The summed E-state index contributed by atoms with van der Waals surface area (Å²) in [6.07, 6.45) is 1.45. The molecule has 0 unspecified atom stereocenters. The summed E-state index contributed by atoms with van der Waals surface area (Å²) in [7, 11) is 3.08. The highest BCUT2D eigenvalue weighted by Gasteiger charge is 2.14. The first-order valence-electron chi connectivity index (χ1n) is 7.36. The smallest absolute Gasteiger partial charge is 0.307 e. The number of halogens is 1. The van der Waals surface area contributed by atoms with Crippen LogP contribution in [0.25, 0.3) is 11.0 Å². The Labute approximate surface area is 149 Å². The van der Waals surface area contributed by atoms with Gasteiger partial charge >= 0.3 is 5.91 Å². The molecule has 2 aromatic carbocycles. The van der Waals surface area contributed by atoms with Crippen molar-refractivity contribution >= 4 is 34.7 Å². The van der Waals surface area contributed by atoms with Gasteiger partial charge in [-0.1, -0.05) is 23.7 Å². The summed E-state index contributed by atoms with van der Waals surface area (Å²) in [5, 5.41) is 5.23. The number of methoxy groups -OCH3 is 2. The van der Waals surface area contributed by atoms with Crippen LogP contribution in [0.4, 0.5) is 0 Å². The summed E-state index contributed by atoms with van der Waals surface area (Å²) >= 11 is 5.95. The molecule has 0 aliphatic heterocycles. The largest absolute Gasteiger partial charge is 0.496 e. The van der Waals surface area contributed by atoms with E-state index in [2.05, 4.69) is 10.5 Å². The van der Waals surface area contributed by atoms with Gasteiger partial charge < -0.3 is 13.9 Å². The number of para-hydroxylation sites is 1. The Balaban J connectivity index is 1.78. The van der Waals surface area contributed by atoms with Crippen LogP contribution in [-0.2, 0) is 0 Å². The van der Waals surface area contributed by atoms with E-state index in [1.165, 1.54) is 6.21 Å². The van der Waals surface area contributed by atoms with Gasteiger partial charge in [-0.15, -0.1) is 0 Å². The van der Waals surface area contributed by atoms with Crippen LogP contribution in [0.1, 0.15) is 16.1 Å². The molecule has 7 heteroatoms. The topological polar surface area (TPSA) is 73.1 Å². The van der Waals surface area contributed by atoms with E-state index in [4.69, 9.17) is 25.5 Å². The number of nitrogens with zero attached hydrogens (tertiary/aromatic N) is 1. The van der Waals surface area contributed by atoms with E-state index >= 15 is 0 Å². The third-order valence-corrected chi connectivity index (χ3v) is 3.75. The number of hydrogen-bond acceptors (Lipinski definition) is 5. The number of benzene rings is 2. The van der Waals surface area contributed by atoms with Crippen molar-refractivity contribution in [1.82, 2.24) is 5.43 Å². The molecule has 3 aromatic rings. The lowest BCUT2D eigenvalue weighted by atomic mass is 10.2. The fourth-order valence-electron chi connectivity index (χ4n) is 2.33. The zero-order chi connectivity index (χ0) is 17.8. The third-order valence-electron chi connectivity index (χ3n) is 3.51. The molecule has 0 radical (unpaired) electrons. The van der Waals surface area contributed by atoms with Crippen LogP contribution < -0.4 is 14.9 Å². The molecule has 0 aliphatic rings. The normalized spacial score (nSPS) is 11.0. The van der Waals surface area contributed by atoms with Crippen molar-refractivity contribution in [2.24, 2.45) is 5.10 Å². The van der Waals surface area contributed by atoms with Crippen LogP contribution in [0.15, 0.2) is 52.0 Å². The highest BCUT2D eigenvalue weighted by molar-refractivity contribution is 6.30. The average molecular weight is 359 g/mol. The molecular weight excluding hydrogens is 344 g/mol. The minimum absolute atomic E-state index is 0.134. The van der Waals surface area contributed by atoms with Gasteiger partial charge in [0.1, 0.15) is 5.75 Å². The maximum absolute atomic E-state index is 12.2. The molecule has 0 spiro atoms. The van der Waals surface area contributed by atoms with Crippen molar-refractivity contribution < 1.29 is 18.7 Å². The second kappa shape index (κ2) is 7.27. The van der Waals surface area contributed by atoms with Crippen molar-refractivity contribution in [3.05, 3.63) is 58.8 Å². The molecule has 0 aliphatic carbocycles. The molecule has 1 N–H and O–H groups in total. The van der Waals surface area contributed by atoms with E-state index < -0.39 is 5.91 Å². The van der Waals surface area contributed by atoms with Crippen molar-refractivity contribution in [1.29, 1.82) is 0 Å².